The van der Waals surface area contributed by atoms with Gasteiger partial charge in [0, 0.05) is 34.0 Å². The molecule has 0 aliphatic carbocycles. The summed E-state index contributed by atoms with van der Waals surface area (Å²) in [5.41, 5.74) is 4.09. The molecular weight excluding hydrogens is 384 g/mol. The van der Waals surface area contributed by atoms with E-state index in [-0.39, 0.29) is 4.90 Å². The molecule has 5 nitrogen and oxygen atoms in total. The fourth-order valence-electron chi connectivity index (χ4n) is 4.12. The Bertz CT molecular complexity index is 1310. The van der Waals surface area contributed by atoms with Crippen molar-refractivity contribution in [2.45, 2.75) is 32.2 Å². The first-order valence-electron chi connectivity index (χ1n) is 9.54. The molecule has 4 aromatic rings. The SMILES string of the molecule is CCn1c2ccccc2c2cc(NS(=O)(=O)c3c(C)cc(OC)cc3C)ccc21. The van der Waals surface area contributed by atoms with E-state index in [0.717, 1.165) is 28.4 Å². The Balaban J connectivity index is 1.81. The molecule has 0 aliphatic rings. The molecule has 6 heteroatoms. The second-order valence-corrected chi connectivity index (χ2v) is 8.81. The summed E-state index contributed by atoms with van der Waals surface area (Å²) >= 11 is 0. The van der Waals surface area contributed by atoms with E-state index in [1.165, 1.54) is 0 Å². The van der Waals surface area contributed by atoms with E-state index >= 15 is 0 Å². The minimum atomic E-state index is -3.73. The molecule has 29 heavy (non-hydrogen) atoms. The summed E-state index contributed by atoms with van der Waals surface area (Å²) in [4.78, 5) is 0.286. The first-order valence-corrected chi connectivity index (χ1v) is 11.0. The van der Waals surface area contributed by atoms with Crippen molar-refractivity contribution in [1.29, 1.82) is 0 Å². The van der Waals surface area contributed by atoms with Crippen LogP contribution in [0, 0.1) is 13.8 Å². The molecule has 0 saturated carbocycles. The molecule has 0 radical (unpaired) electrons. The van der Waals surface area contributed by atoms with Crippen molar-refractivity contribution in [3.8, 4) is 5.75 Å². The molecule has 1 heterocycles. The van der Waals surface area contributed by atoms with Crippen LogP contribution < -0.4 is 9.46 Å². The molecule has 0 saturated heterocycles. The fourth-order valence-corrected chi connectivity index (χ4v) is 5.62. The van der Waals surface area contributed by atoms with Gasteiger partial charge in [0.15, 0.2) is 0 Å². The number of fused-ring (bicyclic) bond motifs is 3. The minimum Gasteiger partial charge on any atom is -0.497 e. The van der Waals surface area contributed by atoms with Gasteiger partial charge in [0.25, 0.3) is 10.0 Å². The zero-order chi connectivity index (χ0) is 20.8. The fraction of sp³-hybridized carbons (Fsp3) is 0.217. The molecular formula is C23H24N2O3S. The monoisotopic (exact) mass is 408 g/mol. The van der Waals surface area contributed by atoms with E-state index in [1.807, 2.05) is 30.3 Å². The van der Waals surface area contributed by atoms with Gasteiger partial charge in [0.2, 0.25) is 0 Å². The van der Waals surface area contributed by atoms with E-state index < -0.39 is 10.0 Å². The maximum absolute atomic E-state index is 13.1. The van der Waals surface area contributed by atoms with Crippen molar-refractivity contribution in [2.75, 3.05) is 11.8 Å². The van der Waals surface area contributed by atoms with Gasteiger partial charge in [-0.1, -0.05) is 18.2 Å². The Morgan fingerprint density at radius 2 is 1.59 bits per heavy atom. The lowest BCUT2D eigenvalue weighted by atomic mass is 10.1. The van der Waals surface area contributed by atoms with Crippen LogP contribution in [0.5, 0.6) is 5.75 Å². The van der Waals surface area contributed by atoms with Gasteiger partial charge in [-0.3, -0.25) is 4.72 Å². The zero-order valence-electron chi connectivity index (χ0n) is 17.0. The summed E-state index contributed by atoms with van der Waals surface area (Å²) in [5, 5.41) is 2.15. The molecule has 1 N–H and O–H groups in total. The van der Waals surface area contributed by atoms with E-state index in [4.69, 9.17) is 4.74 Å². The third-order valence-electron chi connectivity index (χ3n) is 5.28. The summed E-state index contributed by atoms with van der Waals surface area (Å²) in [7, 11) is -2.16. The summed E-state index contributed by atoms with van der Waals surface area (Å²) in [6.45, 7) is 6.52. The van der Waals surface area contributed by atoms with Crippen LogP contribution in [0.15, 0.2) is 59.5 Å². The molecule has 150 valence electrons. The van der Waals surface area contributed by atoms with Crippen LogP contribution in [0.3, 0.4) is 0 Å². The molecule has 0 bridgehead atoms. The van der Waals surface area contributed by atoms with E-state index in [2.05, 4.69) is 28.3 Å². The van der Waals surface area contributed by atoms with Crippen LogP contribution >= 0.6 is 0 Å². The van der Waals surface area contributed by atoms with Crippen LogP contribution in [0.4, 0.5) is 5.69 Å². The maximum Gasteiger partial charge on any atom is 0.262 e. The second-order valence-electron chi connectivity index (χ2n) is 7.19. The smallest absolute Gasteiger partial charge is 0.262 e. The van der Waals surface area contributed by atoms with Gasteiger partial charge < -0.3 is 9.30 Å². The van der Waals surface area contributed by atoms with Gasteiger partial charge in [0.1, 0.15) is 5.75 Å². The predicted octanol–water partition coefficient (Wildman–Crippen LogP) is 5.24. The average Bonchev–Trinajstić information content (AvgIpc) is 2.99. The standard InChI is InChI=1S/C23H24N2O3S/c1-5-25-21-9-7-6-8-19(21)20-14-17(10-11-22(20)25)24-29(26,27)23-15(2)12-18(28-4)13-16(23)3/h6-14,24H,5H2,1-4H3. The molecule has 0 spiro atoms. The van der Waals surface area contributed by atoms with Crippen molar-refractivity contribution in [1.82, 2.24) is 4.57 Å². The number of aryl methyl sites for hydroxylation is 3. The molecule has 4 rings (SSSR count). The van der Waals surface area contributed by atoms with E-state index in [1.54, 1.807) is 33.1 Å². The van der Waals surface area contributed by atoms with Gasteiger partial charge >= 0.3 is 0 Å². The highest BCUT2D eigenvalue weighted by Gasteiger charge is 2.21. The first kappa shape index (κ1) is 19.3. The van der Waals surface area contributed by atoms with Crippen molar-refractivity contribution in [2.24, 2.45) is 0 Å². The average molecular weight is 409 g/mol. The molecule has 0 amide bonds. The van der Waals surface area contributed by atoms with Crippen molar-refractivity contribution in [3.05, 3.63) is 65.7 Å². The Labute approximate surface area is 171 Å². The number of para-hydroxylation sites is 1. The molecule has 0 unspecified atom stereocenters. The van der Waals surface area contributed by atoms with Crippen molar-refractivity contribution in [3.63, 3.8) is 0 Å². The van der Waals surface area contributed by atoms with Crippen LogP contribution in [-0.4, -0.2) is 20.1 Å². The highest BCUT2D eigenvalue weighted by atomic mass is 32.2. The summed E-state index contributed by atoms with van der Waals surface area (Å²) in [6.07, 6.45) is 0. The van der Waals surface area contributed by atoms with E-state index in [0.29, 0.717) is 22.6 Å². The number of nitrogens with zero attached hydrogens (tertiary/aromatic N) is 1. The van der Waals surface area contributed by atoms with Crippen LogP contribution in [0.25, 0.3) is 21.8 Å². The van der Waals surface area contributed by atoms with Gasteiger partial charge in [-0.05, 0) is 68.3 Å². The molecule has 0 aliphatic heterocycles. The zero-order valence-corrected chi connectivity index (χ0v) is 17.8. The van der Waals surface area contributed by atoms with Gasteiger partial charge in [-0.15, -0.1) is 0 Å². The lowest BCUT2D eigenvalue weighted by Gasteiger charge is -2.14. The molecule has 1 aromatic heterocycles. The Kier molecular flexibility index (Phi) is 4.74. The number of hydrogen-bond acceptors (Lipinski definition) is 3. The number of methoxy groups -OCH3 is 1. The lowest BCUT2D eigenvalue weighted by Crippen LogP contribution is -2.15. The number of hydrogen-bond donors (Lipinski definition) is 1. The topological polar surface area (TPSA) is 60.3 Å². The van der Waals surface area contributed by atoms with Crippen LogP contribution in [-0.2, 0) is 16.6 Å². The largest absolute Gasteiger partial charge is 0.497 e. The summed E-state index contributed by atoms with van der Waals surface area (Å²) in [5.74, 6) is 0.646. The van der Waals surface area contributed by atoms with E-state index in [9.17, 15) is 8.42 Å². The van der Waals surface area contributed by atoms with Crippen molar-refractivity contribution >= 4 is 37.5 Å². The normalized spacial score (nSPS) is 11.9. The number of anilines is 1. The predicted molar refractivity (Wildman–Crippen MR) is 118 cm³/mol. The Morgan fingerprint density at radius 1 is 0.931 bits per heavy atom. The lowest BCUT2D eigenvalue weighted by molar-refractivity contribution is 0.413. The number of ether oxygens (including phenoxy) is 1. The molecule has 0 atom stereocenters. The van der Waals surface area contributed by atoms with Crippen LogP contribution in [0.2, 0.25) is 0 Å². The molecule has 3 aromatic carbocycles. The minimum absolute atomic E-state index is 0.286. The number of nitrogens with one attached hydrogen (secondary N) is 1. The highest BCUT2D eigenvalue weighted by Crippen LogP contribution is 2.32. The number of sulfonamides is 1. The summed E-state index contributed by atoms with van der Waals surface area (Å²) < 4.78 is 36.5. The number of aromatic nitrogens is 1. The van der Waals surface area contributed by atoms with Gasteiger partial charge in [0.05, 0.1) is 12.0 Å². The quantitative estimate of drug-likeness (QED) is 0.491. The highest BCUT2D eigenvalue weighted by molar-refractivity contribution is 7.92. The Morgan fingerprint density at radius 3 is 2.24 bits per heavy atom. The number of benzene rings is 3. The second kappa shape index (κ2) is 7.12. The van der Waals surface area contributed by atoms with Gasteiger partial charge in [-0.2, -0.15) is 0 Å². The molecule has 0 fully saturated rings. The maximum atomic E-state index is 13.1. The number of rotatable bonds is 5. The van der Waals surface area contributed by atoms with Crippen LogP contribution in [0.1, 0.15) is 18.1 Å². The summed E-state index contributed by atoms with van der Waals surface area (Å²) in [6, 6.07) is 17.4. The first-order chi connectivity index (χ1) is 13.9. The third kappa shape index (κ3) is 3.23. The Hall–Kier alpha value is -2.99. The van der Waals surface area contributed by atoms with Gasteiger partial charge in [-0.25, -0.2) is 8.42 Å². The van der Waals surface area contributed by atoms with Crippen molar-refractivity contribution < 1.29 is 13.2 Å². The third-order valence-corrected chi connectivity index (χ3v) is 6.96.